The zero-order chi connectivity index (χ0) is 14.1. The number of nitrogens with one attached hydrogen (secondary N) is 1. The van der Waals surface area contributed by atoms with Crippen LogP contribution in [-0.4, -0.2) is 20.8 Å². The average Bonchev–Trinajstić information content (AvgIpc) is 3.08. The van der Waals surface area contributed by atoms with E-state index in [0.29, 0.717) is 11.4 Å². The second-order valence-electron chi connectivity index (χ2n) is 6.11. The van der Waals surface area contributed by atoms with Crippen LogP contribution in [0.2, 0.25) is 0 Å². The van der Waals surface area contributed by atoms with E-state index in [-0.39, 0.29) is 0 Å². The normalized spacial score (nSPS) is 27.6. The first-order chi connectivity index (χ1) is 9.71. The topological polar surface area (TPSA) is 56.5 Å². The van der Waals surface area contributed by atoms with Crippen molar-refractivity contribution in [3.05, 3.63) is 12.1 Å². The lowest BCUT2D eigenvalue weighted by Crippen LogP contribution is -2.20. The SMILES string of the molecule is COc1cc(N)c(NCC2CC3CCC2C3)cc1OC. The van der Waals surface area contributed by atoms with Gasteiger partial charge in [-0.2, -0.15) is 0 Å². The predicted octanol–water partition coefficient (Wildman–Crippen LogP) is 3.13. The maximum Gasteiger partial charge on any atom is 0.162 e. The number of rotatable bonds is 5. The van der Waals surface area contributed by atoms with Gasteiger partial charge in [0.05, 0.1) is 25.6 Å². The van der Waals surface area contributed by atoms with Crippen molar-refractivity contribution in [3.8, 4) is 11.5 Å². The van der Waals surface area contributed by atoms with Gasteiger partial charge in [0.2, 0.25) is 0 Å². The second-order valence-corrected chi connectivity index (χ2v) is 6.11. The quantitative estimate of drug-likeness (QED) is 0.811. The average molecular weight is 276 g/mol. The highest BCUT2D eigenvalue weighted by atomic mass is 16.5. The molecule has 1 aromatic rings. The molecule has 0 aromatic heterocycles. The molecule has 0 amide bonds. The van der Waals surface area contributed by atoms with E-state index in [1.165, 1.54) is 25.7 Å². The maximum atomic E-state index is 6.08. The monoisotopic (exact) mass is 276 g/mol. The smallest absolute Gasteiger partial charge is 0.162 e. The van der Waals surface area contributed by atoms with Gasteiger partial charge >= 0.3 is 0 Å². The number of nitrogens with two attached hydrogens (primary N) is 1. The number of fused-ring (bicyclic) bond motifs is 2. The molecule has 110 valence electrons. The van der Waals surface area contributed by atoms with E-state index in [9.17, 15) is 0 Å². The van der Waals surface area contributed by atoms with E-state index in [0.717, 1.165) is 35.7 Å². The standard InChI is InChI=1S/C16H24N2O2/c1-19-15-7-13(17)14(8-16(15)20-2)18-9-12-6-10-3-4-11(12)5-10/h7-8,10-12,18H,3-6,9,17H2,1-2H3. The molecular weight excluding hydrogens is 252 g/mol. The van der Waals surface area contributed by atoms with Crippen LogP contribution in [-0.2, 0) is 0 Å². The zero-order valence-electron chi connectivity index (χ0n) is 12.3. The van der Waals surface area contributed by atoms with Crippen molar-refractivity contribution in [1.29, 1.82) is 0 Å². The molecule has 3 atom stereocenters. The van der Waals surface area contributed by atoms with Gasteiger partial charge < -0.3 is 20.5 Å². The summed E-state index contributed by atoms with van der Waals surface area (Å²) in [7, 11) is 3.27. The molecule has 1 aromatic carbocycles. The Kier molecular flexibility index (Phi) is 3.64. The Labute approximate surface area is 120 Å². The van der Waals surface area contributed by atoms with Gasteiger partial charge in [0.15, 0.2) is 11.5 Å². The van der Waals surface area contributed by atoms with E-state index >= 15 is 0 Å². The lowest BCUT2D eigenvalue weighted by molar-refractivity contribution is 0.347. The summed E-state index contributed by atoms with van der Waals surface area (Å²) in [6.07, 6.45) is 5.68. The molecule has 0 aliphatic heterocycles. The van der Waals surface area contributed by atoms with Crippen LogP contribution in [0.15, 0.2) is 12.1 Å². The Hall–Kier alpha value is -1.58. The van der Waals surface area contributed by atoms with E-state index in [4.69, 9.17) is 15.2 Å². The van der Waals surface area contributed by atoms with Crippen molar-refractivity contribution >= 4 is 11.4 Å². The Balaban J connectivity index is 1.68. The number of nitrogen functional groups attached to an aromatic ring is 1. The largest absolute Gasteiger partial charge is 0.493 e. The lowest BCUT2D eigenvalue weighted by atomic mass is 9.89. The Morgan fingerprint density at radius 1 is 1.15 bits per heavy atom. The Morgan fingerprint density at radius 2 is 1.90 bits per heavy atom. The third kappa shape index (κ3) is 2.39. The van der Waals surface area contributed by atoms with Crippen molar-refractivity contribution in [3.63, 3.8) is 0 Å². The molecule has 0 radical (unpaired) electrons. The highest BCUT2D eigenvalue weighted by Crippen LogP contribution is 2.48. The molecule has 3 rings (SSSR count). The molecule has 0 heterocycles. The van der Waals surface area contributed by atoms with Gasteiger partial charge in [-0.25, -0.2) is 0 Å². The van der Waals surface area contributed by atoms with Gasteiger partial charge in [-0.1, -0.05) is 6.42 Å². The molecule has 20 heavy (non-hydrogen) atoms. The van der Waals surface area contributed by atoms with Gasteiger partial charge in [-0.05, 0) is 37.0 Å². The summed E-state index contributed by atoms with van der Waals surface area (Å²) in [4.78, 5) is 0. The molecule has 2 aliphatic rings. The number of anilines is 2. The van der Waals surface area contributed by atoms with Crippen molar-refractivity contribution in [1.82, 2.24) is 0 Å². The summed E-state index contributed by atoms with van der Waals surface area (Å²) >= 11 is 0. The first-order valence-electron chi connectivity index (χ1n) is 7.46. The lowest BCUT2D eigenvalue weighted by Gasteiger charge is -2.23. The van der Waals surface area contributed by atoms with Crippen LogP contribution in [0.5, 0.6) is 11.5 Å². The molecule has 0 saturated heterocycles. The van der Waals surface area contributed by atoms with Crippen molar-refractivity contribution in [2.75, 3.05) is 31.8 Å². The minimum Gasteiger partial charge on any atom is -0.493 e. The van der Waals surface area contributed by atoms with Gasteiger partial charge in [0.25, 0.3) is 0 Å². The Bertz CT molecular complexity index is 490. The molecule has 2 aliphatic carbocycles. The van der Waals surface area contributed by atoms with Crippen LogP contribution in [0, 0.1) is 17.8 Å². The van der Waals surface area contributed by atoms with Crippen LogP contribution in [0.1, 0.15) is 25.7 Å². The summed E-state index contributed by atoms with van der Waals surface area (Å²) in [6, 6.07) is 3.75. The number of hydrogen-bond acceptors (Lipinski definition) is 4. The van der Waals surface area contributed by atoms with Gasteiger partial charge in [-0.3, -0.25) is 0 Å². The molecular formula is C16H24N2O2. The predicted molar refractivity (Wildman–Crippen MR) is 81.4 cm³/mol. The fraction of sp³-hybridized carbons (Fsp3) is 0.625. The van der Waals surface area contributed by atoms with Gasteiger partial charge in [0.1, 0.15) is 0 Å². The summed E-state index contributed by atoms with van der Waals surface area (Å²) in [5, 5.41) is 3.51. The molecule has 4 nitrogen and oxygen atoms in total. The molecule has 3 N–H and O–H groups in total. The van der Waals surface area contributed by atoms with Crippen LogP contribution >= 0.6 is 0 Å². The van der Waals surface area contributed by atoms with Gasteiger partial charge in [-0.15, -0.1) is 0 Å². The molecule has 3 unspecified atom stereocenters. The number of hydrogen-bond donors (Lipinski definition) is 2. The highest BCUT2D eigenvalue weighted by molar-refractivity contribution is 5.72. The first kappa shape index (κ1) is 13.4. The van der Waals surface area contributed by atoms with E-state index in [1.54, 1.807) is 14.2 Å². The molecule has 2 bridgehead atoms. The fourth-order valence-electron chi connectivity index (χ4n) is 3.92. The van der Waals surface area contributed by atoms with Crippen LogP contribution in [0.25, 0.3) is 0 Å². The van der Waals surface area contributed by atoms with Crippen molar-refractivity contribution < 1.29 is 9.47 Å². The number of ether oxygens (including phenoxy) is 2. The zero-order valence-corrected chi connectivity index (χ0v) is 12.3. The molecule has 2 saturated carbocycles. The van der Waals surface area contributed by atoms with E-state index in [1.807, 2.05) is 12.1 Å². The van der Waals surface area contributed by atoms with Crippen LogP contribution < -0.4 is 20.5 Å². The number of methoxy groups -OCH3 is 2. The van der Waals surface area contributed by atoms with Crippen LogP contribution in [0.4, 0.5) is 11.4 Å². The minimum absolute atomic E-state index is 0.676. The summed E-state index contributed by atoms with van der Waals surface area (Å²) in [5.74, 6) is 4.11. The highest BCUT2D eigenvalue weighted by Gasteiger charge is 2.39. The second kappa shape index (κ2) is 5.43. The summed E-state index contributed by atoms with van der Waals surface area (Å²) in [6.45, 7) is 1.01. The summed E-state index contributed by atoms with van der Waals surface area (Å²) in [5.41, 5.74) is 7.75. The first-order valence-corrected chi connectivity index (χ1v) is 7.46. The number of benzene rings is 1. The van der Waals surface area contributed by atoms with Crippen molar-refractivity contribution in [2.45, 2.75) is 25.7 Å². The van der Waals surface area contributed by atoms with Gasteiger partial charge in [0, 0.05) is 18.7 Å². The van der Waals surface area contributed by atoms with Crippen molar-refractivity contribution in [2.24, 2.45) is 17.8 Å². The molecule has 2 fully saturated rings. The third-order valence-corrected chi connectivity index (χ3v) is 4.99. The van der Waals surface area contributed by atoms with Crippen LogP contribution in [0.3, 0.4) is 0 Å². The van der Waals surface area contributed by atoms with E-state index in [2.05, 4.69) is 5.32 Å². The maximum absolute atomic E-state index is 6.08. The van der Waals surface area contributed by atoms with E-state index < -0.39 is 0 Å². The Morgan fingerprint density at radius 3 is 2.50 bits per heavy atom. The molecule has 4 heteroatoms. The minimum atomic E-state index is 0.676. The third-order valence-electron chi connectivity index (χ3n) is 4.99. The molecule has 0 spiro atoms. The fourth-order valence-corrected chi connectivity index (χ4v) is 3.92. The summed E-state index contributed by atoms with van der Waals surface area (Å²) < 4.78 is 10.6.